The Bertz CT molecular complexity index is 681. The van der Waals surface area contributed by atoms with E-state index < -0.39 is 18.0 Å². The van der Waals surface area contributed by atoms with Gasteiger partial charge in [0.1, 0.15) is 0 Å². The summed E-state index contributed by atoms with van der Waals surface area (Å²) in [7, 11) is 1.00. The Morgan fingerprint density at radius 1 is 1.18 bits per heavy atom. The van der Waals surface area contributed by atoms with Gasteiger partial charge >= 0.3 is 12.1 Å². The van der Waals surface area contributed by atoms with E-state index in [4.69, 9.17) is 4.42 Å². The van der Waals surface area contributed by atoms with Gasteiger partial charge in [0.05, 0.1) is 6.26 Å². The summed E-state index contributed by atoms with van der Waals surface area (Å²) in [6, 6.07) is 8.46. The minimum Gasteiger partial charge on any atom is -0.459 e. The third-order valence-electron chi connectivity index (χ3n) is 2.78. The van der Waals surface area contributed by atoms with E-state index in [9.17, 15) is 22.8 Å². The van der Waals surface area contributed by atoms with Crippen LogP contribution in [0.2, 0.25) is 0 Å². The van der Waals surface area contributed by atoms with E-state index in [1.54, 1.807) is 0 Å². The van der Waals surface area contributed by atoms with Crippen molar-refractivity contribution < 1.29 is 27.2 Å². The number of carbonyl (C=O) groups is 2. The third-order valence-corrected chi connectivity index (χ3v) is 2.78. The molecule has 0 atom stereocenters. The highest BCUT2D eigenvalue weighted by molar-refractivity contribution is 6.03. The lowest BCUT2D eigenvalue weighted by Gasteiger charge is -2.19. The third kappa shape index (κ3) is 3.46. The second-order valence-corrected chi connectivity index (χ2v) is 4.34. The van der Waals surface area contributed by atoms with Gasteiger partial charge in [0.2, 0.25) is 0 Å². The fourth-order valence-electron chi connectivity index (χ4n) is 1.70. The van der Waals surface area contributed by atoms with Gasteiger partial charge in [-0.25, -0.2) is 0 Å². The zero-order valence-electron chi connectivity index (χ0n) is 11.3. The molecule has 5 nitrogen and oxygen atoms in total. The molecule has 8 heteroatoms. The first-order valence-corrected chi connectivity index (χ1v) is 6.09. The van der Waals surface area contributed by atoms with Gasteiger partial charge in [-0.1, -0.05) is 6.07 Å². The zero-order valence-corrected chi connectivity index (χ0v) is 11.3. The second kappa shape index (κ2) is 5.92. The fraction of sp³-hybridized carbons (Fsp3) is 0.143. The van der Waals surface area contributed by atoms with Gasteiger partial charge in [-0.3, -0.25) is 9.59 Å². The molecule has 0 aliphatic carbocycles. The summed E-state index contributed by atoms with van der Waals surface area (Å²) in [5.41, 5.74) is 0.236. The van der Waals surface area contributed by atoms with Gasteiger partial charge in [0.25, 0.3) is 5.91 Å². The lowest BCUT2D eigenvalue weighted by atomic mass is 10.2. The number of furan rings is 1. The van der Waals surface area contributed by atoms with Gasteiger partial charge in [-0.2, -0.15) is 13.2 Å². The first kappa shape index (κ1) is 15.6. The number of hydrogen-bond acceptors (Lipinski definition) is 3. The normalized spacial score (nSPS) is 11.1. The summed E-state index contributed by atoms with van der Waals surface area (Å²) in [5.74, 6) is -2.49. The molecule has 1 N–H and O–H groups in total. The molecule has 1 aromatic heterocycles. The summed E-state index contributed by atoms with van der Waals surface area (Å²) in [5, 5.41) is 2.47. The minimum absolute atomic E-state index is 0.000398. The van der Waals surface area contributed by atoms with E-state index in [2.05, 4.69) is 5.32 Å². The van der Waals surface area contributed by atoms with Crippen LogP contribution in [0, 0.1) is 0 Å². The predicted molar refractivity (Wildman–Crippen MR) is 72.6 cm³/mol. The van der Waals surface area contributed by atoms with Crippen LogP contribution in [0.1, 0.15) is 10.6 Å². The van der Waals surface area contributed by atoms with Gasteiger partial charge < -0.3 is 14.6 Å². The molecule has 0 bridgehead atoms. The standard InChI is InChI=1S/C14H11F3N2O3/c1-19(13(21)14(15,16)17)10-5-2-4-9(8-10)18-12(20)11-6-3-7-22-11/h2-8H,1H3,(H,18,20). The minimum atomic E-state index is -4.97. The molecule has 0 saturated carbocycles. The van der Waals surface area contributed by atoms with Crippen molar-refractivity contribution in [2.45, 2.75) is 6.18 Å². The summed E-state index contributed by atoms with van der Waals surface area (Å²) >= 11 is 0. The van der Waals surface area contributed by atoms with Crippen molar-refractivity contribution in [1.29, 1.82) is 0 Å². The van der Waals surface area contributed by atoms with E-state index in [1.807, 2.05) is 0 Å². The molecule has 1 aromatic carbocycles. The van der Waals surface area contributed by atoms with Crippen LogP contribution in [0.3, 0.4) is 0 Å². The van der Waals surface area contributed by atoms with Crippen molar-refractivity contribution >= 4 is 23.2 Å². The number of amides is 2. The lowest BCUT2D eigenvalue weighted by molar-refractivity contribution is -0.170. The maximum absolute atomic E-state index is 12.4. The second-order valence-electron chi connectivity index (χ2n) is 4.34. The first-order valence-electron chi connectivity index (χ1n) is 6.09. The average Bonchev–Trinajstić information content (AvgIpc) is 2.99. The molecule has 116 valence electrons. The maximum Gasteiger partial charge on any atom is 0.471 e. The molecular weight excluding hydrogens is 301 g/mol. The number of nitrogens with one attached hydrogen (secondary N) is 1. The highest BCUT2D eigenvalue weighted by Gasteiger charge is 2.41. The molecule has 0 aliphatic rings. The molecule has 0 unspecified atom stereocenters. The Morgan fingerprint density at radius 2 is 1.91 bits per heavy atom. The number of carbonyl (C=O) groups excluding carboxylic acids is 2. The molecule has 2 amide bonds. The van der Waals surface area contributed by atoms with Crippen molar-refractivity contribution in [1.82, 2.24) is 0 Å². The summed E-state index contributed by atoms with van der Waals surface area (Å²) in [6.45, 7) is 0. The van der Waals surface area contributed by atoms with Crippen LogP contribution in [-0.4, -0.2) is 25.0 Å². The summed E-state index contributed by atoms with van der Waals surface area (Å²) in [6.07, 6.45) is -3.65. The van der Waals surface area contributed by atoms with E-state index in [1.165, 1.54) is 42.7 Å². The molecular formula is C14H11F3N2O3. The average molecular weight is 312 g/mol. The summed E-state index contributed by atoms with van der Waals surface area (Å²) < 4.78 is 42.1. The highest BCUT2D eigenvalue weighted by Crippen LogP contribution is 2.24. The predicted octanol–water partition coefficient (Wildman–Crippen LogP) is 3.06. The molecule has 0 aliphatic heterocycles. The monoisotopic (exact) mass is 312 g/mol. The number of rotatable bonds is 3. The number of halogens is 3. The van der Waals surface area contributed by atoms with Crippen molar-refractivity contribution in [3.05, 3.63) is 48.4 Å². The van der Waals surface area contributed by atoms with Gasteiger partial charge in [0.15, 0.2) is 5.76 Å². The molecule has 0 fully saturated rings. The number of nitrogens with zero attached hydrogens (tertiary/aromatic N) is 1. The van der Waals surface area contributed by atoms with Crippen LogP contribution in [0.15, 0.2) is 47.1 Å². The van der Waals surface area contributed by atoms with Gasteiger partial charge in [-0.05, 0) is 30.3 Å². The Kier molecular flexibility index (Phi) is 4.20. The number of anilines is 2. The van der Waals surface area contributed by atoms with Gasteiger partial charge in [0, 0.05) is 18.4 Å². The van der Waals surface area contributed by atoms with Crippen LogP contribution in [0.4, 0.5) is 24.5 Å². The van der Waals surface area contributed by atoms with E-state index >= 15 is 0 Å². The van der Waals surface area contributed by atoms with Gasteiger partial charge in [-0.15, -0.1) is 0 Å². The quantitative estimate of drug-likeness (QED) is 0.947. The fourth-order valence-corrected chi connectivity index (χ4v) is 1.70. The van der Waals surface area contributed by atoms with Crippen molar-refractivity contribution in [2.24, 2.45) is 0 Å². The Morgan fingerprint density at radius 3 is 2.50 bits per heavy atom. The summed E-state index contributed by atoms with van der Waals surface area (Å²) in [4.78, 5) is 23.4. The molecule has 0 radical (unpaired) electrons. The van der Waals surface area contributed by atoms with Crippen LogP contribution >= 0.6 is 0 Å². The maximum atomic E-state index is 12.4. The van der Waals surface area contributed by atoms with E-state index in [-0.39, 0.29) is 17.1 Å². The molecule has 22 heavy (non-hydrogen) atoms. The van der Waals surface area contributed by atoms with Crippen molar-refractivity contribution in [3.63, 3.8) is 0 Å². The van der Waals surface area contributed by atoms with Crippen molar-refractivity contribution in [2.75, 3.05) is 17.3 Å². The Balaban J connectivity index is 2.16. The van der Waals surface area contributed by atoms with Crippen LogP contribution in [-0.2, 0) is 4.79 Å². The smallest absolute Gasteiger partial charge is 0.459 e. The Hall–Kier alpha value is -2.77. The lowest BCUT2D eigenvalue weighted by Crippen LogP contribution is -2.38. The molecule has 0 saturated heterocycles. The highest BCUT2D eigenvalue weighted by atomic mass is 19.4. The van der Waals surface area contributed by atoms with Crippen LogP contribution in [0.5, 0.6) is 0 Å². The molecule has 2 rings (SSSR count). The van der Waals surface area contributed by atoms with E-state index in [0.29, 0.717) is 4.90 Å². The first-order chi connectivity index (χ1) is 10.3. The number of hydrogen-bond donors (Lipinski definition) is 1. The van der Waals surface area contributed by atoms with Crippen LogP contribution < -0.4 is 10.2 Å². The topological polar surface area (TPSA) is 62.6 Å². The SMILES string of the molecule is CN(C(=O)C(F)(F)F)c1cccc(NC(=O)c2ccco2)c1. The van der Waals surface area contributed by atoms with Crippen LogP contribution in [0.25, 0.3) is 0 Å². The van der Waals surface area contributed by atoms with E-state index in [0.717, 1.165) is 7.05 Å². The molecule has 1 heterocycles. The molecule has 0 spiro atoms. The molecule has 2 aromatic rings. The largest absolute Gasteiger partial charge is 0.471 e. The number of benzene rings is 1. The zero-order chi connectivity index (χ0) is 16.3. The number of alkyl halides is 3. The van der Waals surface area contributed by atoms with Crippen molar-refractivity contribution in [3.8, 4) is 0 Å². The Labute approximate surface area is 123 Å².